The summed E-state index contributed by atoms with van der Waals surface area (Å²) in [6.07, 6.45) is 4.73. The molecule has 0 aliphatic carbocycles. The molecule has 0 aliphatic rings. The molecule has 0 radical (unpaired) electrons. The highest BCUT2D eigenvalue weighted by Gasteiger charge is 2.09. The van der Waals surface area contributed by atoms with Gasteiger partial charge in [0.05, 0.1) is 11.8 Å². The van der Waals surface area contributed by atoms with Gasteiger partial charge in [-0.15, -0.1) is 0 Å². The smallest absolute Gasteiger partial charge is 0.415 e. The van der Waals surface area contributed by atoms with E-state index in [-0.39, 0.29) is 5.91 Å². The topological polar surface area (TPSA) is 84.5 Å². The van der Waals surface area contributed by atoms with E-state index in [1.165, 1.54) is 24.9 Å². The number of benzene rings is 1. The summed E-state index contributed by atoms with van der Waals surface area (Å²) >= 11 is 0. The van der Waals surface area contributed by atoms with Gasteiger partial charge >= 0.3 is 6.09 Å². The Morgan fingerprint density at radius 1 is 1.15 bits per heavy atom. The van der Waals surface area contributed by atoms with E-state index in [2.05, 4.69) is 5.32 Å². The largest absolute Gasteiger partial charge is 0.472 e. The van der Waals surface area contributed by atoms with E-state index in [9.17, 15) is 9.59 Å². The van der Waals surface area contributed by atoms with E-state index in [4.69, 9.17) is 9.52 Å². The third-order valence-corrected chi connectivity index (χ3v) is 2.91. The van der Waals surface area contributed by atoms with Crippen molar-refractivity contribution in [3.63, 3.8) is 0 Å². The predicted molar refractivity (Wildman–Crippen MR) is 72.0 cm³/mol. The zero-order valence-electron chi connectivity index (χ0n) is 10.2. The molecule has 3 aromatic rings. The van der Waals surface area contributed by atoms with Gasteiger partial charge in [-0.25, -0.2) is 4.79 Å². The van der Waals surface area contributed by atoms with Gasteiger partial charge in [-0.3, -0.25) is 9.36 Å². The van der Waals surface area contributed by atoms with Crippen molar-refractivity contribution >= 4 is 28.5 Å². The van der Waals surface area contributed by atoms with E-state index >= 15 is 0 Å². The molecular formula is C14H10N2O4. The number of carboxylic acid groups (broad SMARTS) is 1. The average molecular weight is 270 g/mol. The molecule has 0 saturated heterocycles. The lowest BCUT2D eigenvalue weighted by molar-refractivity contribution is 0.102. The minimum Gasteiger partial charge on any atom is -0.472 e. The molecule has 2 N–H and O–H groups in total. The van der Waals surface area contributed by atoms with Gasteiger partial charge in [0.1, 0.15) is 6.26 Å². The maximum Gasteiger partial charge on any atom is 0.415 e. The number of carbonyl (C=O) groups excluding carboxylic acids is 1. The second-order valence-electron chi connectivity index (χ2n) is 4.26. The van der Waals surface area contributed by atoms with E-state index in [1.807, 2.05) is 0 Å². The van der Waals surface area contributed by atoms with Crippen molar-refractivity contribution in [1.82, 2.24) is 4.57 Å². The van der Waals surface area contributed by atoms with Crippen molar-refractivity contribution in [2.24, 2.45) is 0 Å². The molecule has 100 valence electrons. The van der Waals surface area contributed by atoms with Gasteiger partial charge in [0.25, 0.3) is 5.91 Å². The van der Waals surface area contributed by atoms with Crippen molar-refractivity contribution in [3.8, 4) is 0 Å². The van der Waals surface area contributed by atoms with Crippen LogP contribution in [0.1, 0.15) is 10.4 Å². The number of anilines is 1. The third-order valence-electron chi connectivity index (χ3n) is 2.91. The zero-order chi connectivity index (χ0) is 14.1. The number of hydrogen-bond donors (Lipinski definition) is 2. The first-order chi connectivity index (χ1) is 9.63. The first kappa shape index (κ1) is 12.0. The van der Waals surface area contributed by atoms with Crippen LogP contribution >= 0.6 is 0 Å². The molecule has 20 heavy (non-hydrogen) atoms. The summed E-state index contributed by atoms with van der Waals surface area (Å²) in [6, 6.07) is 6.74. The number of furan rings is 1. The van der Waals surface area contributed by atoms with Crippen LogP contribution in [0, 0.1) is 0 Å². The van der Waals surface area contributed by atoms with E-state index in [0.29, 0.717) is 11.3 Å². The van der Waals surface area contributed by atoms with Crippen molar-refractivity contribution in [1.29, 1.82) is 0 Å². The second-order valence-corrected chi connectivity index (χ2v) is 4.26. The molecule has 3 rings (SSSR count). The van der Waals surface area contributed by atoms with Crippen LogP contribution in [0.3, 0.4) is 0 Å². The number of carbonyl (C=O) groups is 2. The second kappa shape index (κ2) is 4.58. The quantitative estimate of drug-likeness (QED) is 0.749. The molecule has 2 heterocycles. The Labute approximate surface area is 113 Å². The number of nitrogens with one attached hydrogen (secondary N) is 1. The van der Waals surface area contributed by atoms with Gasteiger partial charge < -0.3 is 14.8 Å². The zero-order valence-corrected chi connectivity index (χ0v) is 10.2. The van der Waals surface area contributed by atoms with Gasteiger partial charge in [-0.05, 0) is 18.2 Å². The number of fused-ring (bicyclic) bond motifs is 1. The minimum atomic E-state index is -1.05. The van der Waals surface area contributed by atoms with Crippen molar-refractivity contribution in [3.05, 3.63) is 54.7 Å². The summed E-state index contributed by atoms with van der Waals surface area (Å²) in [5.41, 5.74) is 1.01. The Kier molecular flexibility index (Phi) is 2.76. The molecule has 6 heteroatoms. The number of hydrogen-bond acceptors (Lipinski definition) is 3. The fraction of sp³-hybridized carbons (Fsp3) is 0. The highest BCUT2D eigenvalue weighted by Crippen LogP contribution is 2.20. The van der Waals surface area contributed by atoms with Crippen molar-refractivity contribution in [2.45, 2.75) is 0 Å². The molecular weight excluding hydrogens is 260 g/mol. The van der Waals surface area contributed by atoms with Crippen LogP contribution < -0.4 is 5.32 Å². The Balaban J connectivity index is 1.89. The molecule has 6 nitrogen and oxygen atoms in total. The summed E-state index contributed by atoms with van der Waals surface area (Å²) in [6.45, 7) is 0. The van der Waals surface area contributed by atoms with Gasteiger partial charge in [0, 0.05) is 28.9 Å². The highest BCUT2D eigenvalue weighted by atomic mass is 16.4. The molecule has 0 saturated carbocycles. The maximum absolute atomic E-state index is 11.9. The molecule has 1 amide bonds. The normalized spacial score (nSPS) is 10.6. The molecule has 0 unspecified atom stereocenters. The number of aromatic nitrogens is 1. The van der Waals surface area contributed by atoms with Crippen LogP contribution in [-0.4, -0.2) is 21.7 Å². The Bertz CT molecular complexity index is 787. The highest BCUT2D eigenvalue weighted by molar-refractivity contribution is 6.05. The Hall–Kier alpha value is -3.02. The van der Waals surface area contributed by atoms with Crippen LogP contribution in [-0.2, 0) is 0 Å². The van der Waals surface area contributed by atoms with E-state index in [1.54, 1.807) is 24.3 Å². The average Bonchev–Trinajstić information content (AvgIpc) is 3.07. The van der Waals surface area contributed by atoms with Crippen LogP contribution in [0.15, 0.2) is 53.6 Å². The van der Waals surface area contributed by atoms with Crippen LogP contribution in [0.4, 0.5) is 10.5 Å². The van der Waals surface area contributed by atoms with Gasteiger partial charge in [-0.2, -0.15) is 0 Å². The van der Waals surface area contributed by atoms with E-state index < -0.39 is 6.09 Å². The fourth-order valence-electron chi connectivity index (χ4n) is 1.93. The number of amides is 1. The lowest BCUT2D eigenvalue weighted by Gasteiger charge is -2.03. The predicted octanol–water partition coefficient (Wildman–Crippen LogP) is 3.01. The van der Waals surface area contributed by atoms with E-state index in [0.717, 1.165) is 15.3 Å². The molecule has 0 fully saturated rings. The summed E-state index contributed by atoms with van der Waals surface area (Å²) in [5.74, 6) is -0.282. The Morgan fingerprint density at radius 2 is 1.95 bits per heavy atom. The Morgan fingerprint density at radius 3 is 2.65 bits per heavy atom. The molecule has 0 aliphatic heterocycles. The number of rotatable bonds is 2. The summed E-state index contributed by atoms with van der Waals surface area (Å²) < 4.78 is 5.92. The lowest BCUT2D eigenvalue weighted by Crippen LogP contribution is -2.10. The SMILES string of the molecule is O=C(Nc1ccc2cn(C(=O)O)cc2c1)c1ccoc1. The standard InChI is InChI=1S/C14H10N2O4/c17-13(10-3-4-20-8-10)15-12-2-1-9-6-16(14(18)19)7-11(9)5-12/h1-8H,(H,15,17)(H,18,19). The van der Waals surface area contributed by atoms with Gasteiger partial charge in [-0.1, -0.05) is 6.07 Å². The molecule has 0 bridgehead atoms. The van der Waals surface area contributed by atoms with Gasteiger partial charge in [0.15, 0.2) is 0 Å². The number of nitrogens with zero attached hydrogens (tertiary/aromatic N) is 1. The maximum atomic E-state index is 11.9. The van der Waals surface area contributed by atoms with Crippen molar-refractivity contribution in [2.75, 3.05) is 5.32 Å². The first-order valence-corrected chi connectivity index (χ1v) is 5.82. The summed E-state index contributed by atoms with van der Waals surface area (Å²) in [7, 11) is 0. The monoisotopic (exact) mass is 270 g/mol. The van der Waals surface area contributed by atoms with Crippen molar-refractivity contribution < 1.29 is 19.1 Å². The fourth-order valence-corrected chi connectivity index (χ4v) is 1.93. The minimum absolute atomic E-state index is 0.282. The first-order valence-electron chi connectivity index (χ1n) is 5.82. The molecule has 1 aromatic carbocycles. The third kappa shape index (κ3) is 2.14. The lowest BCUT2D eigenvalue weighted by atomic mass is 10.2. The van der Waals surface area contributed by atoms with Crippen LogP contribution in [0.2, 0.25) is 0 Å². The molecule has 0 spiro atoms. The summed E-state index contributed by atoms with van der Waals surface area (Å²) in [4.78, 5) is 22.7. The summed E-state index contributed by atoms with van der Waals surface area (Å²) in [5, 5.41) is 13.1. The molecule has 0 atom stereocenters. The van der Waals surface area contributed by atoms with Crippen LogP contribution in [0.5, 0.6) is 0 Å². The van der Waals surface area contributed by atoms with Crippen LogP contribution in [0.25, 0.3) is 10.8 Å². The molecule has 2 aromatic heterocycles. The van der Waals surface area contributed by atoms with Gasteiger partial charge in [0.2, 0.25) is 0 Å².